The smallest absolute Gasteiger partial charge is 0.248 e. The van der Waals surface area contributed by atoms with Gasteiger partial charge in [-0.05, 0) is 55.3 Å². The summed E-state index contributed by atoms with van der Waals surface area (Å²) in [5, 5.41) is 22.1. The van der Waals surface area contributed by atoms with Crippen molar-refractivity contribution >= 4 is 21.7 Å². The first-order valence-corrected chi connectivity index (χ1v) is 15.0. The molecule has 1 saturated carbocycles. The molecule has 2 fully saturated rings. The van der Waals surface area contributed by atoms with Crippen molar-refractivity contribution in [3.05, 3.63) is 53.9 Å². The maximum atomic E-state index is 12.4. The maximum Gasteiger partial charge on any atom is 0.248 e. The quantitative estimate of drug-likeness (QED) is 0.399. The number of nitrogens with zero attached hydrogens (tertiary/aromatic N) is 5. The summed E-state index contributed by atoms with van der Waals surface area (Å²) >= 11 is 0. The molecule has 11 heteroatoms. The molecule has 1 aliphatic carbocycles. The Morgan fingerprint density at radius 3 is 2.58 bits per heavy atom. The first kappa shape index (κ1) is 26.6. The number of piperidine rings is 1. The van der Waals surface area contributed by atoms with Crippen LogP contribution in [0.3, 0.4) is 0 Å². The summed E-state index contributed by atoms with van der Waals surface area (Å²) in [6.07, 6.45) is 4.34. The van der Waals surface area contributed by atoms with Crippen LogP contribution in [0.2, 0.25) is 0 Å². The lowest BCUT2D eigenvalue weighted by Gasteiger charge is -2.30. The van der Waals surface area contributed by atoms with Crippen molar-refractivity contribution < 1.29 is 17.9 Å². The molecule has 1 saturated heterocycles. The summed E-state index contributed by atoms with van der Waals surface area (Å²) in [5.41, 5.74) is 1.81. The van der Waals surface area contributed by atoms with Crippen molar-refractivity contribution in [3.63, 3.8) is 0 Å². The minimum atomic E-state index is -3.55. The molecule has 0 spiro atoms. The van der Waals surface area contributed by atoms with Crippen molar-refractivity contribution in [2.45, 2.75) is 38.1 Å². The lowest BCUT2D eigenvalue weighted by atomic mass is 9.85. The Balaban J connectivity index is 1.51. The van der Waals surface area contributed by atoms with Gasteiger partial charge in [-0.2, -0.15) is 0 Å². The lowest BCUT2D eigenvalue weighted by molar-refractivity contribution is 0.300. The number of anilines is 2. The Kier molecular flexibility index (Phi) is 7.69. The molecule has 4 atom stereocenters. The minimum absolute atomic E-state index is 0.0385. The number of benzene rings is 1. The molecule has 38 heavy (non-hydrogen) atoms. The molecule has 2 aromatic heterocycles. The number of sulfonamides is 1. The van der Waals surface area contributed by atoms with Crippen molar-refractivity contribution in [3.8, 4) is 11.5 Å². The van der Waals surface area contributed by atoms with E-state index in [2.05, 4.69) is 39.6 Å². The molecule has 3 aromatic rings. The van der Waals surface area contributed by atoms with Crippen LogP contribution in [-0.4, -0.2) is 68.3 Å². The summed E-state index contributed by atoms with van der Waals surface area (Å²) in [6, 6.07) is 13.7. The predicted octanol–water partition coefficient (Wildman–Crippen LogP) is 3.19. The second-order valence-electron chi connectivity index (χ2n) is 10.5. The molecule has 204 valence electrons. The van der Waals surface area contributed by atoms with Crippen LogP contribution in [0, 0.1) is 11.8 Å². The lowest BCUT2D eigenvalue weighted by Crippen LogP contribution is -2.33. The largest absolute Gasteiger partial charge is 0.419 e. The van der Waals surface area contributed by atoms with Crippen LogP contribution >= 0.6 is 0 Å². The molecule has 5 rings (SSSR count). The SMILES string of the molecule is C[C@@H]1C[C@H]1CN(CCO)c1cc(-c2nnc(C3NCCCC3c3ccccc3)o2)cc(N(C)S(C)(=O)=O)n1. The fourth-order valence-corrected chi connectivity index (χ4v) is 5.59. The van der Waals surface area contributed by atoms with Gasteiger partial charge in [-0.1, -0.05) is 37.3 Å². The third kappa shape index (κ3) is 5.84. The average Bonchev–Trinajstić information content (AvgIpc) is 3.39. The second kappa shape index (κ2) is 11.0. The predicted molar refractivity (Wildman–Crippen MR) is 147 cm³/mol. The number of hydrogen-bond donors (Lipinski definition) is 2. The maximum absolute atomic E-state index is 12.4. The van der Waals surface area contributed by atoms with E-state index in [1.807, 2.05) is 29.2 Å². The van der Waals surface area contributed by atoms with E-state index in [1.54, 1.807) is 6.07 Å². The molecule has 3 heterocycles. The first-order chi connectivity index (χ1) is 18.2. The van der Waals surface area contributed by atoms with E-state index >= 15 is 0 Å². The number of aromatic nitrogens is 3. The highest BCUT2D eigenvalue weighted by Gasteiger charge is 2.35. The Labute approximate surface area is 224 Å². The fraction of sp³-hybridized carbons (Fsp3) is 0.519. The Morgan fingerprint density at radius 2 is 1.89 bits per heavy atom. The Morgan fingerprint density at radius 1 is 1.16 bits per heavy atom. The summed E-state index contributed by atoms with van der Waals surface area (Å²) in [6.45, 7) is 4.16. The van der Waals surface area contributed by atoms with Crippen LogP contribution in [0.15, 0.2) is 46.9 Å². The zero-order chi connectivity index (χ0) is 26.9. The van der Waals surface area contributed by atoms with Crippen LogP contribution in [0.4, 0.5) is 11.6 Å². The highest BCUT2D eigenvalue weighted by molar-refractivity contribution is 7.92. The molecule has 10 nitrogen and oxygen atoms in total. The van der Waals surface area contributed by atoms with Crippen molar-refractivity contribution in [2.24, 2.45) is 11.8 Å². The van der Waals surface area contributed by atoms with Gasteiger partial charge in [0.25, 0.3) is 0 Å². The molecule has 0 amide bonds. The van der Waals surface area contributed by atoms with Gasteiger partial charge in [0.05, 0.1) is 18.9 Å². The average molecular weight is 541 g/mol. The second-order valence-corrected chi connectivity index (χ2v) is 12.5. The van der Waals surface area contributed by atoms with E-state index in [0.717, 1.165) is 42.9 Å². The van der Waals surface area contributed by atoms with Crippen molar-refractivity contribution in [2.75, 3.05) is 48.7 Å². The van der Waals surface area contributed by atoms with Crippen LogP contribution < -0.4 is 14.5 Å². The monoisotopic (exact) mass is 540 g/mol. The number of rotatable bonds is 10. The highest BCUT2D eigenvalue weighted by atomic mass is 32.2. The third-order valence-corrected chi connectivity index (χ3v) is 8.87. The Hall–Kier alpha value is -3.02. The molecule has 1 aromatic carbocycles. The molecule has 1 aliphatic heterocycles. The van der Waals surface area contributed by atoms with E-state index < -0.39 is 10.0 Å². The van der Waals surface area contributed by atoms with Gasteiger partial charge in [0.15, 0.2) is 0 Å². The number of aliphatic hydroxyl groups is 1. The van der Waals surface area contributed by atoms with Crippen LogP contribution in [0.25, 0.3) is 11.5 Å². The van der Waals surface area contributed by atoms with Crippen molar-refractivity contribution in [1.82, 2.24) is 20.5 Å². The molecule has 0 bridgehead atoms. The van der Waals surface area contributed by atoms with Gasteiger partial charge in [0.1, 0.15) is 11.6 Å². The minimum Gasteiger partial charge on any atom is -0.419 e. The number of nitrogens with one attached hydrogen (secondary N) is 1. The zero-order valence-corrected chi connectivity index (χ0v) is 22.9. The third-order valence-electron chi connectivity index (χ3n) is 7.68. The molecular weight excluding hydrogens is 504 g/mol. The first-order valence-electron chi connectivity index (χ1n) is 13.2. The van der Waals surface area contributed by atoms with Crippen LogP contribution in [0.1, 0.15) is 49.6 Å². The van der Waals surface area contributed by atoms with Gasteiger partial charge in [0.2, 0.25) is 21.8 Å². The molecular formula is C27H36N6O4S. The van der Waals surface area contributed by atoms with E-state index in [0.29, 0.717) is 41.5 Å². The van der Waals surface area contributed by atoms with Gasteiger partial charge < -0.3 is 19.7 Å². The van der Waals surface area contributed by atoms with E-state index in [9.17, 15) is 13.5 Å². The van der Waals surface area contributed by atoms with Gasteiger partial charge in [0, 0.05) is 31.6 Å². The topological polar surface area (TPSA) is 125 Å². The standard InChI is InChI=1S/C27H36N6O4S/c1-18-14-21(18)17-33(12-13-34)24-16-20(15-23(29-24)32(2)38(3,35)36)26-30-31-27(37-26)25-22(10-7-11-28-25)19-8-5-4-6-9-19/h4-6,8-9,15-16,18,21-22,25,28,34H,7,10-14,17H2,1-3H3/t18-,21+,22?,25?/m1/s1. The number of hydrogen-bond acceptors (Lipinski definition) is 9. The zero-order valence-electron chi connectivity index (χ0n) is 22.1. The molecule has 0 radical (unpaired) electrons. The van der Waals surface area contributed by atoms with E-state index in [-0.39, 0.29) is 24.4 Å². The van der Waals surface area contributed by atoms with Gasteiger partial charge >= 0.3 is 0 Å². The van der Waals surface area contributed by atoms with Gasteiger partial charge in [-0.25, -0.2) is 13.4 Å². The van der Waals surface area contributed by atoms with Gasteiger partial charge in [-0.3, -0.25) is 4.31 Å². The number of aliphatic hydroxyl groups excluding tert-OH is 1. The van der Waals surface area contributed by atoms with E-state index in [1.165, 1.54) is 12.6 Å². The summed E-state index contributed by atoms with van der Waals surface area (Å²) in [7, 11) is -2.08. The summed E-state index contributed by atoms with van der Waals surface area (Å²) in [4.78, 5) is 6.66. The summed E-state index contributed by atoms with van der Waals surface area (Å²) in [5.74, 6) is 2.97. The number of pyridine rings is 1. The van der Waals surface area contributed by atoms with Crippen LogP contribution in [0.5, 0.6) is 0 Å². The van der Waals surface area contributed by atoms with Crippen LogP contribution in [-0.2, 0) is 10.0 Å². The summed E-state index contributed by atoms with van der Waals surface area (Å²) < 4.78 is 32.1. The fourth-order valence-electron chi connectivity index (χ4n) is 5.16. The Bertz CT molecular complexity index is 1350. The van der Waals surface area contributed by atoms with Crippen molar-refractivity contribution in [1.29, 1.82) is 0 Å². The normalized spacial score (nSPS) is 23.3. The molecule has 2 aliphatic rings. The molecule has 2 unspecified atom stereocenters. The highest BCUT2D eigenvalue weighted by Crippen LogP contribution is 2.40. The van der Waals surface area contributed by atoms with E-state index in [4.69, 9.17) is 4.42 Å². The molecule has 2 N–H and O–H groups in total. The van der Waals surface area contributed by atoms with Gasteiger partial charge in [-0.15, -0.1) is 10.2 Å².